The van der Waals surface area contributed by atoms with E-state index in [4.69, 9.17) is 9.47 Å². The van der Waals surface area contributed by atoms with E-state index in [9.17, 15) is 9.59 Å². The lowest BCUT2D eigenvalue weighted by molar-refractivity contribution is -0.131. The fourth-order valence-corrected chi connectivity index (χ4v) is 2.44. The molecule has 1 saturated heterocycles. The van der Waals surface area contributed by atoms with Crippen molar-refractivity contribution >= 4 is 5.91 Å². The second-order valence-electron chi connectivity index (χ2n) is 5.30. The van der Waals surface area contributed by atoms with Crippen molar-refractivity contribution in [2.75, 3.05) is 20.2 Å². The number of methoxy groups -OCH3 is 1. The van der Waals surface area contributed by atoms with Crippen LogP contribution in [0.15, 0.2) is 35.3 Å². The van der Waals surface area contributed by atoms with E-state index in [2.05, 4.69) is 15.3 Å². The molecule has 1 aliphatic heterocycles. The summed E-state index contributed by atoms with van der Waals surface area (Å²) in [7, 11) is 1.51. The van der Waals surface area contributed by atoms with Crippen LogP contribution in [0.4, 0.5) is 0 Å². The Morgan fingerprint density at radius 3 is 2.79 bits per heavy atom. The number of aromatic nitrogens is 4. The van der Waals surface area contributed by atoms with E-state index >= 15 is 0 Å². The van der Waals surface area contributed by atoms with Crippen LogP contribution in [0.25, 0.3) is 0 Å². The Morgan fingerprint density at radius 1 is 1.29 bits per heavy atom. The van der Waals surface area contributed by atoms with Crippen molar-refractivity contribution in [2.45, 2.75) is 19.1 Å². The minimum absolute atomic E-state index is 0.0747. The van der Waals surface area contributed by atoms with Crippen molar-refractivity contribution in [1.82, 2.24) is 24.9 Å². The first-order valence-corrected chi connectivity index (χ1v) is 7.50. The van der Waals surface area contributed by atoms with E-state index in [1.54, 1.807) is 23.1 Å². The number of likely N-dealkylation sites (tertiary alicyclic amines) is 1. The molecule has 9 heteroatoms. The van der Waals surface area contributed by atoms with Gasteiger partial charge < -0.3 is 14.4 Å². The number of rotatable bonds is 5. The summed E-state index contributed by atoms with van der Waals surface area (Å²) in [6, 6.07) is 6.24. The Hall–Kier alpha value is -2.97. The molecule has 1 atom stereocenters. The predicted octanol–water partition coefficient (Wildman–Crippen LogP) is -0.278. The largest absolute Gasteiger partial charge is 0.480 e. The van der Waals surface area contributed by atoms with Crippen LogP contribution in [0.1, 0.15) is 6.42 Å². The Morgan fingerprint density at radius 2 is 2.08 bits per heavy atom. The standard InChI is InChI=1S/C15H17N5O4/c1-23-12-4-5-13(18-17-12)24-11-6-8-19(9-11)15(22)10-20-14(21)3-2-7-16-20/h2-5,7,11H,6,8-10H2,1H3/t11-/m0/s1. The summed E-state index contributed by atoms with van der Waals surface area (Å²) >= 11 is 0. The number of hydrogen-bond donors (Lipinski definition) is 0. The molecular formula is C15H17N5O4. The molecule has 2 aromatic heterocycles. The highest BCUT2D eigenvalue weighted by Gasteiger charge is 2.28. The molecule has 1 fully saturated rings. The smallest absolute Gasteiger partial charge is 0.267 e. The van der Waals surface area contributed by atoms with Gasteiger partial charge in [-0.15, -0.1) is 10.2 Å². The zero-order chi connectivity index (χ0) is 16.9. The number of nitrogens with zero attached hydrogens (tertiary/aromatic N) is 5. The molecule has 0 bridgehead atoms. The van der Waals surface area contributed by atoms with Gasteiger partial charge in [0.05, 0.1) is 13.7 Å². The number of carbonyl (C=O) groups excluding carboxylic acids is 1. The maximum absolute atomic E-state index is 12.3. The van der Waals surface area contributed by atoms with Crippen molar-refractivity contribution in [1.29, 1.82) is 0 Å². The van der Waals surface area contributed by atoms with Gasteiger partial charge in [-0.1, -0.05) is 0 Å². The zero-order valence-corrected chi connectivity index (χ0v) is 13.2. The van der Waals surface area contributed by atoms with E-state index in [1.807, 2.05) is 0 Å². The van der Waals surface area contributed by atoms with Gasteiger partial charge in [0.25, 0.3) is 5.56 Å². The summed E-state index contributed by atoms with van der Waals surface area (Å²) in [4.78, 5) is 25.5. The van der Waals surface area contributed by atoms with E-state index in [0.29, 0.717) is 31.3 Å². The third-order valence-corrected chi connectivity index (χ3v) is 3.68. The molecule has 9 nitrogen and oxygen atoms in total. The van der Waals surface area contributed by atoms with Gasteiger partial charge in [0, 0.05) is 37.4 Å². The van der Waals surface area contributed by atoms with Crippen molar-refractivity contribution in [3.63, 3.8) is 0 Å². The first-order chi connectivity index (χ1) is 11.7. The number of hydrogen-bond acceptors (Lipinski definition) is 7. The van der Waals surface area contributed by atoms with E-state index < -0.39 is 0 Å². The van der Waals surface area contributed by atoms with Gasteiger partial charge in [-0.3, -0.25) is 9.59 Å². The molecule has 1 aliphatic rings. The summed E-state index contributed by atoms with van der Waals surface area (Å²) in [5, 5.41) is 11.6. The molecule has 0 aromatic carbocycles. The average molecular weight is 331 g/mol. The van der Waals surface area contributed by atoms with E-state index in [0.717, 1.165) is 4.68 Å². The van der Waals surface area contributed by atoms with Gasteiger partial charge in [0.2, 0.25) is 17.7 Å². The molecule has 2 aromatic rings. The topological polar surface area (TPSA) is 99.4 Å². The van der Waals surface area contributed by atoms with Gasteiger partial charge in [0.15, 0.2) is 0 Å². The fraction of sp³-hybridized carbons (Fsp3) is 0.400. The van der Waals surface area contributed by atoms with Crippen LogP contribution in [0.2, 0.25) is 0 Å². The van der Waals surface area contributed by atoms with Gasteiger partial charge in [-0.25, -0.2) is 4.68 Å². The Kier molecular flexibility index (Phi) is 4.69. The van der Waals surface area contributed by atoms with Gasteiger partial charge in [0.1, 0.15) is 12.6 Å². The highest BCUT2D eigenvalue weighted by Crippen LogP contribution is 2.17. The minimum Gasteiger partial charge on any atom is -0.480 e. The first kappa shape index (κ1) is 15.9. The summed E-state index contributed by atoms with van der Waals surface area (Å²) < 4.78 is 11.8. The second kappa shape index (κ2) is 7.07. The summed E-state index contributed by atoms with van der Waals surface area (Å²) in [5.74, 6) is 0.630. The molecule has 0 spiro atoms. The van der Waals surface area contributed by atoms with Crippen LogP contribution >= 0.6 is 0 Å². The van der Waals surface area contributed by atoms with Crippen LogP contribution in [-0.4, -0.2) is 57.1 Å². The summed E-state index contributed by atoms with van der Waals surface area (Å²) in [6.45, 7) is 0.928. The summed E-state index contributed by atoms with van der Waals surface area (Å²) in [5.41, 5.74) is -0.300. The third-order valence-electron chi connectivity index (χ3n) is 3.68. The molecule has 126 valence electrons. The van der Waals surface area contributed by atoms with Gasteiger partial charge >= 0.3 is 0 Å². The summed E-state index contributed by atoms with van der Waals surface area (Å²) in [6.07, 6.45) is 2.01. The highest BCUT2D eigenvalue weighted by molar-refractivity contribution is 5.76. The van der Waals surface area contributed by atoms with Crippen molar-refractivity contribution in [3.8, 4) is 11.8 Å². The van der Waals surface area contributed by atoms with Gasteiger partial charge in [-0.05, 0) is 6.07 Å². The monoisotopic (exact) mass is 331 g/mol. The SMILES string of the molecule is COc1ccc(O[C@H]2CCN(C(=O)Cn3ncccc3=O)C2)nn1. The molecular weight excluding hydrogens is 314 g/mol. The van der Waals surface area contributed by atoms with Crippen molar-refractivity contribution in [2.24, 2.45) is 0 Å². The number of ether oxygens (including phenoxy) is 2. The van der Waals surface area contributed by atoms with Crippen LogP contribution in [0.5, 0.6) is 11.8 Å². The second-order valence-corrected chi connectivity index (χ2v) is 5.30. The molecule has 3 heterocycles. The Bertz CT molecular complexity index is 761. The quantitative estimate of drug-likeness (QED) is 0.743. The highest BCUT2D eigenvalue weighted by atomic mass is 16.5. The molecule has 24 heavy (non-hydrogen) atoms. The molecule has 0 radical (unpaired) electrons. The Labute approximate surface area is 137 Å². The van der Waals surface area contributed by atoms with Crippen molar-refractivity contribution in [3.05, 3.63) is 40.8 Å². The average Bonchev–Trinajstić information content (AvgIpc) is 3.06. The van der Waals surface area contributed by atoms with E-state index in [1.165, 1.54) is 19.4 Å². The normalized spacial score (nSPS) is 16.9. The fourth-order valence-electron chi connectivity index (χ4n) is 2.44. The molecule has 3 rings (SSSR count). The number of carbonyl (C=O) groups is 1. The predicted molar refractivity (Wildman–Crippen MR) is 82.7 cm³/mol. The Balaban J connectivity index is 1.55. The first-order valence-electron chi connectivity index (χ1n) is 7.50. The molecule has 0 unspecified atom stereocenters. The minimum atomic E-state index is -0.300. The van der Waals surface area contributed by atoms with Crippen molar-refractivity contribution < 1.29 is 14.3 Å². The molecule has 0 saturated carbocycles. The van der Waals surface area contributed by atoms with Crippen LogP contribution in [0.3, 0.4) is 0 Å². The maximum Gasteiger partial charge on any atom is 0.267 e. The lowest BCUT2D eigenvalue weighted by Gasteiger charge is -2.17. The van der Waals surface area contributed by atoms with E-state index in [-0.39, 0.29) is 24.1 Å². The lowest BCUT2D eigenvalue weighted by atomic mass is 10.3. The van der Waals surface area contributed by atoms with Crippen LogP contribution in [-0.2, 0) is 11.3 Å². The molecule has 1 amide bonds. The number of amides is 1. The molecule has 0 N–H and O–H groups in total. The molecule has 0 aliphatic carbocycles. The van der Waals surface area contributed by atoms with Crippen LogP contribution < -0.4 is 15.0 Å². The maximum atomic E-state index is 12.3. The third kappa shape index (κ3) is 3.67. The van der Waals surface area contributed by atoms with Gasteiger partial charge in [-0.2, -0.15) is 5.10 Å². The lowest BCUT2D eigenvalue weighted by Crippen LogP contribution is -2.36. The van der Waals surface area contributed by atoms with Crippen LogP contribution in [0, 0.1) is 0 Å². The zero-order valence-electron chi connectivity index (χ0n) is 13.2.